The zero-order valence-electron chi connectivity index (χ0n) is 19.9. The van der Waals surface area contributed by atoms with E-state index in [-0.39, 0.29) is 5.92 Å². The maximum Gasteiger partial charge on any atom is 0.306 e. The normalized spacial score (nSPS) is 13.0. The van der Waals surface area contributed by atoms with Crippen molar-refractivity contribution >= 4 is 5.97 Å². The lowest BCUT2D eigenvalue weighted by molar-refractivity contribution is -0.142. The molecule has 0 amide bonds. The summed E-state index contributed by atoms with van der Waals surface area (Å²) in [6.45, 7) is 9.06. The number of carboxylic acids is 1. The van der Waals surface area contributed by atoms with E-state index < -0.39 is 5.97 Å². The third-order valence-electron chi connectivity index (χ3n) is 5.98. The zero-order valence-corrected chi connectivity index (χ0v) is 19.9. The molecule has 1 atom stereocenters. The Balaban J connectivity index is 3.45. The van der Waals surface area contributed by atoms with Gasteiger partial charge in [-0.15, -0.1) is 0 Å². The molecule has 1 N–H and O–H groups in total. The maximum absolute atomic E-state index is 11.5. The van der Waals surface area contributed by atoms with Crippen molar-refractivity contribution in [1.29, 1.82) is 0 Å². The van der Waals surface area contributed by atoms with Crippen molar-refractivity contribution in [2.45, 2.75) is 150 Å². The summed E-state index contributed by atoms with van der Waals surface area (Å²) in [5.41, 5.74) is 0.368. The summed E-state index contributed by atoms with van der Waals surface area (Å²) in [6.07, 6.45) is 24.1. The molecule has 0 aromatic heterocycles. The number of hydrogen-bond acceptors (Lipinski definition) is 1. The Hall–Kier alpha value is -0.530. The number of unbranched alkanes of at least 4 members (excludes halogenated alkanes) is 14. The van der Waals surface area contributed by atoms with E-state index in [1.807, 2.05) is 0 Å². The van der Waals surface area contributed by atoms with Gasteiger partial charge in [0.2, 0.25) is 0 Å². The molecule has 0 fully saturated rings. The summed E-state index contributed by atoms with van der Waals surface area (Å²) in [7, 11) is 0. The fourth-order valence-electron chi connectivity index (χ4n) is 4.02. The molecule has 0 radical (unpaired) electrons. The molecule has 0 aromatic carbocycles. The van der Waals surface area contributed by atoms with E-state index in [0.29, 0.717) is 5.41 Å². The van der Waals surface area contributed by atoms with Gasteiger partial charge in [0.05, 0.1) is 5.92 Å². The lowest BCUT2D eigenvalue weighted by Crippen LogP contribution is -2.14. The summed E-state index contributed by atoms with van der Waals surface area (Å²) in [4.78, 5) is 11.5. The van der Waals surface area contributed by atoms with Crippen molar-refractivity contribution in [2.75, 3.05) is 0 Å². The highest BCUT2D eigenvalue weighted by molar-refractivity contribution is 5.69. The van der Waals surface area contributed by atoms with Crippen molar-refractivity contribution in [3.8, 4) is 0 Å². The molecule has 0 saturated heterocycles. The van der Waals surface area contributed by atoms with E-state index in [0.717, 1.165) is 32.1 Å². The minimum Gasteiger partial charge on any atom is -0.481 e. The van der Waals surface area contributed by atoms with Crippen molar-refractivity contribution in [2.24, 2.45) is 11.3 Å². The van der Waals surface area contributed by atoms with E-state index in [2.05, 4.69) is 27.7 Å². The first-order chi connectivity index (χ1) is 13.4. The minimum atomic E-state index is -0.578. The molecule has 168 valence electrons. The van der Waals surface area contributed by atoms with Gasteiger partial charge >= 0.3 is 5.97 Å². The number of carboxylic acid groups (broad SMARTS) is 1. The van der Waals surface area contributed by atoms with Gasteiger partial charge in [-0.25, -0.2) is 0 Å². The van der Waals surface area contributed by atoms with Gasteiger partial charge in [0.1, 0.15) is 0 Å². The monoisotopic (exact) mass is 396 g/mol. The molecule has 0 aromatic rings. The average molecular weight is 397 g/mol. The predicted octanol–water partition coefficient (Wildman–Crippen LogP) is 9.17. The van der Waals surface area contributed by atoms with Gasteiger partial charge in [-0.05, 0) is 24.7 Å². The van der Waals surface area contributed by atoms with Gasteiger partial charge in [-0.1, -0.05) is 130 Å². The fraction of sp³-hybridized carbons (Fsp3) is 0.962. The van der Waals surface area contributed by atoms with Crippen LogP contribution in [0.5, 0.6) is 0 Å². The molecule has 0 bridgehead atoms. The van der Waals surface area contributed by atoms with Gasteiger partial charge in [-0.3, -0.25) is 4.79 Å². The molecular formula is C26H52O2. The van der Waals surface area contributed by atoms with Gasteiger partial charge in [0, 0.05) is 0 Å². The Labute approximate surface area is 177 Å². The van der Waals surface area contributed by atoms with Crippen LogP contribution in [-0.4, -0.2) is 11.1 Å². The highest BCUT2D eigenvalue weighted by Gasteiger charge is 2.17. The van der Waals surface area contributed by atoms with Gasteiger partial charge in [0.15, 0.2) is 0 Å². The molecule has 0 aliphatic carbocycles. The van der Waals surface area contributed by atoms with Gasteiger partial charge in [0.25, 0.3) is 0 Å². The summed E-state index contributed by atoms with van der Waals surface area (Å²) in [6, 6.07) is 0. The molecule has 0 spiro atoms. The summed E-state index contributed by atoms with van der Waals surface area (Å²) in [5, 5.41) is 9.44. The van der Waals surface area contributed by atoms with Crippen LogP contribution in [0.25, 0.3) is 0 Å². The number of carbonyl (C=O) groups is 1. The third kappa shape index (κ3) is 20.2. The second-order valence-electron chi connectivity index (χ2n) is 10.2. The quantitative estimate of drug-likeness (QED) is 0.208. The van der Waals surface area contributed by atoms with Crippen LogP contribution in [0.1, 0.15) is 150 Å². The zero-order chi connectivity index (χ0) is 21.1. The molecule has 0 saturated carbocycles. The fourth-order valence-corrected chi connectivity index (χ4v) is 4.02. The first-order valence-electron chi connectivity index (χ1n) is 12.6. The van der Waals surface area contributed by atoms with Crippen molar-refractivity contribution in [3.05, 3.63) is 0 Å². The number of hydrogen-bond donors (Lipinski definition) is 1. The van der Waals surface area contributed by atoms with E-state index in [1.54, 1.807) is 0 Å². The van der Waals surface area contributed by atoms with Gasteiger partial charge < -0.3 is 5.11 Å². The van der Waals surface area contributed by atoms with E-state index in [9.17, 15) is 9.90 Å². The molecule has 0 aliphatic heterocycles. The highest BCUT2D eigenvalue weighted by atomic mass is 16.4. The molecule has 2 nitrogen and oxygen atoms in total. The molecule has 0 rings (SSSR count). The van der Waals surface area contributed by atoms with Crippen LogP contribution < -0.4 is 0 Å². The number of aliphatic carboxylic acids is 1. The third-order valence-corrected chi connectivity index (χ3v) is 5.98. The smallest absolute Gasteiger partial charge is 0.306 e. The van der Waals surface area contributed by atoms with E-state index in [1.165, 1.54) is 89.9 Å². The molecule has 28 heavy (non-hydrogen) atoms. The van der Waals surface area contributed by atoms with Crippen LogP contribution in [0.4, 0.5) is 0 Å². The predicted molar refractivity (Wildman–Crippen MR) is 124 cm³/mol. The largest absolute Gasteiger partial charge is 0.481 e. The molecule has 0 aliphatic rings. The van der Waals surface area contributed by atoms with Crippen LogP contribution in [-0.2, 0) is 4.79 Å². The summed E-state index contributed by atoms with van der Waals surface area (Å²) < 4.78 is 0. The van der Waals surface area contributed by atoms with Crippen molar-refractivity contribution < 1.29 is 9.90 Å². The Morgan fingerprint density at radius 2 is 1.00 bits per heavy atom. The van der Waals surface area contributed by atoms with Crippen LogP contribution >= 0.6 is 0 Å². The molecule has 1 unspecified atom stereocenters. The summed E-state index contributed by atoms with van der Waals surface area (Å²) in [5.74, 6) is -0.692. The standard InChI is InChI=1S/C26H52O2/c1-5-6-7-8-9-10-11-12-13-14-15-16-17-18-21-24(25(27)28)22-19-20-23-26(2,3)4/h24H,5-23H2,1-4H3,(H,27,28). The first kappa shape index (κ1) is 27.5. The second kappa shape index (κ2) is 18.5. The van der Waals surface area contributed by atoms with Crippen LogP contribution in [0.2, 0.25) is 0 Å². The van der Waals surface area contributed by atoms with E-state index in [4.69, 9.17) is 0 Å². The first-order valence-corrected chi connectivity index (χ1v) is 12.6. The Kier molecular flexibility index (Phi) is 18.1. The van der Waals surface area contributed by atoms with Crippen molar-refractivity contribution in [1.82, 2.24) is 0 Å². The Morgan fingerprint density at radius 1 is 0.643 bits per heavy atom. The summed E-state index contributed by atoms with van der Waals surface area (Å²) >= 11 is 0. The molecular weight excluding hydrogens is 344 g/mol. The van der Waals surface area contributed by atoms with E-state index >= 15 is 0 Å². The minimum absolute atomic E-state index is 0.114. The topological polar surface area (TPSA) is 37.3 Å². The van der Waals surface area contributed by atoms with Crippen LogP contribution in [0.3, 0.4) is 0 Å². The maximum atomic E-state index is 11.5. The van der Waals surface area contributed by atoms with Crippen LogP contribution in [0, 0.1) is 11.3 Å². The number of rotatable bonds is 20. The lowest BCUT2D eigenvalue weighted by Gasteiger charge is -2.18. The van der Waals surface area contributed by atoms with Gasteiger partial charge in [-0.2, -0.15) is 0 Å². The highest BCUT2D eigenvalue weighted by Crippen LogP contribution is 2.24. The SMILES string of the molecule is CCCCCCCCCCCCCCCCC(CCCCC(C)(C)C)C(=O)O. The average Bonchev–Trinajstić information content (AvgIpc) is 2.62. The molecule has 2 heteroatoms. The Morgan fingerprint density at radius 3 is 1.36 bits per heavy atom. The lowest BCUT2D eigenvalue weighted by atomic mass is 9.87. The Bertz CT molecular complexity index is 343. The van der Waals surface area contributed by atoms with Crippen molar-refractivity contribution in [3.63, 3.8) is 0 Å². The molecule has 0 heterocycles. The van der Waals surface area contributed by atoms with Crippen LogP contribution in [0.15, 0.2) is 0 Å². The second-order valence-corrected chi connectivity index (χ2v) is 10.2.